The molecule has 0 bridgehead atoms. The largest absolute Gasteiger partial charge is 0.484 e. The lowest BCUT2D eigenvalue weighted by molar-refractivity contribution is -0.113. The Labute approximate surface area is 179 Å². The molecule has 1 N–H and O–H groups in total. The summed E-state index contributed by atoms with van der Waals surface area (Å²) in [5.74, 6) is 0.333. The Balaban J connectivity index is 1.60. The maximum atomic E-state index is 13.1. The number of carbonyl (C=O) groups excluding carboxylic acids is 1. The molecular formula is C18H15ClFN5O2S2. The van der Waals surface area contributed by atoms with Gasteiger partial charge in [-0.3, -0.25) is 4.79 Å². The van der Waals surface area contributed by atoms with Gasteiger partial charge in [0.15, 0.2) is 11.0 Å². The van der Waals surface area contributed by atoms with Crippen LogP contribution in [0.25, 0.3) is 0 Å². The van der Waals surface area contributed by atoms with Crippen LogP contribution in [0.1, 0.15) is 18.3 Å². The third kappa shape index (κ3) is 5.26. The van der Waals surface area contributed by atoms with Crippen LogP contribution in [0.3, 0.4) is 0 Å². The molecule has 3 aromatic rings. The summed E-state index contributed by atoms with van der Waals surface area (Å²) in [6.07, 6.45) is 0. The van der Waals surface area contributed by atoms with Crippen molar-refractivity contribution in [3.8, 4) is 11.8 Å². The summed E-state index contributed by atoms with van der Waals surface area (Å²) in [4.78, 5) is 12.2. The van der Waals surface area contributed by atoms with Crippen molar-refractivity contribution < 1.29 is 13.9 Å². The van der Waals surface area contributed by atoms with Crippen LogP contribution < -0.4 is 10.1 Å². The maximum absolute atomic E-state index is 13.1. The highest BCUT2D eigenvalue weighted by atomic mass is 35.5. The molecule has 29 heavy (non-hydrogen) atoms. The molecule has 7 nitrogen and oxygen atoms in total. The first-order valence-electron chi connectivity index (χ1n) is 8.42. The number of benzene rings is 1. The van der Waals surface area contributed by atoms with Crippen LogP contribution in [-0.4, -0.2) is 26.4 Å². The van der Waals surface area contributed by atoms with Gasteiger partial charge in [0.25, 0.3) is 0 Å². The molecule has 3 rings (SSSR count). The van der Waals surface area contributed by atoms with E-state index in [9.17, 15) is 9.18 Å². The highest BCUT2D eigenvalue weighted by molar-refractivity contribution is 7.99. The Morgan fingerprint density at radius 1 is 1.45 bits per heavy atom. The van der Waals surface area contributed by atoms with Crippen molar-refractivity contribution >= 4 is 45.6 Å². The predicted octanol–water partition coefficient (Wildman–Crippen LogP) is 4.33. The molecule has 1 aromatic carbocycles. The van der Waals surface area contributed by atoms with Crippen LogP contribution in [0.5, 0.6) is 5.75 Å². The molecule has 0 atom stereocenters. The van der Waals surface area contributed by atoms with Crippen LogP contribution in [-0.2, 0) is 17.9 Å². The molecule has 0 aliphatic heterocycles. The summed E-state index contributed by atoms with van der Waals surface area (Å²) in [5.41, 5.74) is 0.434. The number of thiophene rings is 1. The minimum atomic E-state index is -0.444. The number of ether oxygens (including phenoxy) is 1. The Hall–Kier alpha value is -2.61. The Bertz CT molecular complexity index is 1060. The van der Waals surface area contributed by atoms with Gasteiger partial charge in [-0.15, -0.1) is 21.5 Å². The number of anilines is 1. The average Bonchev–Trinajstić information content (AvgIpc) is 3.31. The van der Waals surface area contributed by atoms with Crippen molar-refractivity contribution in [1.82, 2.24) is 14.8 Å². The number of halogens is 2. The van der Waals surface area contributed by atoms with Gasteiger partial charge in [0, 0.05) is 6.54 Å². The number of hydrogen-bond donors (Lipinski definition) is 1. The molecule has 1 amide bonds. The van der Waals surface area contributed by atoms with Crippen molar-refractivity contribution in [2.24, 2.45) is 0 Å². The molecule has 2 heterocycles. The van der Waals surface area contributed by atoms with Gasteiger partial charge in [-0.1, -0.05) is 23.4 Å². The van der Waals surface area contributed by atoms with Gasteiger partial charge < -0.3 is 14.6 Å². The lowest BCUT2D eigenvalue weighted by Crippen LogP contribution is -2.14. The molecule has 0 spiro atoms. The van der Waals surface area contributed by atoms with Crippen LogP contribution in [0, 0.1) is 17.1 Å². The lowest BCUT2D eigenvalue weighted by Gasteiger charge is -2.10. The fourth-order valence-corrected chi connectivity index (χ4v) is 4.17. The second-order valence-electron chi connectivity index (χ2n) is 5.62. The number of thioether (sulfide) groups is 1. The zero-order valence-corrected chi connectivity index (χ0v) is 17.6. The molecule has 0 unspecified atom stereocenters. The van der Waals surface area contributed by atoms with E-state index in [1.165, 1.54) is 41.3 Å². The van der Waals surface area contributed by atoms with E-state index >= 15 is 0 Å². The van der Waals surface area contributed by atoms with E-state index in [0.29, 0.717) is 33.8 Å². The Morgan fingerprint density at radius 3 is 3.00 bits per heavy atom. The van der Waals surface area contributed by atoms with Crippen molar-refractivity contribution in [2.45, 2.75) is 25.2 Å². The topological polar surface area (TPSA) is 92.8 Å². The van der Waals surface area contributed by atoms with Crippen molar-refractivity contribution in [2.75, 3.05) is 11.1 Å². The van der Waals surface area contributed by atoms with Crippen molar-refractivity contribution in [3.05, 3.63) is 51.9 Å². The zero-order chi connectivity index (χ0) is 20.8. The van der Waals surface area contributed by atoms with Crippen LogP contribution in [0.2, 0.25) is 5.02 Å². The minimum absolute atomic E-state index is 0.0969. The number of rotatable bonds is 8. The number of amides is 1. The number of aromatic nitrogens is 3. The van der Waals surface area contributed by atoms with E-state index in [-0.39, 0.29) is 23.3 Å². The molecule has 11 heteroatoms. The van der Waals surface area contributed by atoms with Crippen molar-refractivity contribution in [1.29, 1.82) is 5.26 Å². The fourth-order valence-electron chi connectivity index (χ4n) is 2.37. The molecule has 0 fully saturated rings. The van der Waals surface area contributed by atoms with E-state index in [1.54, 1.807) is 11.4 Å². The van der Waals surface area contributed by atoms with Crippen LogP contribution in [0.4, 0.5) is 9.39 Å². The van der Waals surface area contributed by atoms with Crippen LogP contribution in [0.15, 0.2) is 34.8 Å². The molecule has 0 saturated carbocycles. The van der Waals surface area contributed by atoms with E-state index in [4.69, 9.17) is 21.6 Å². The molecule has 2 aromatic heterocycles. The van der Waals surface area contributed by atoms with E-state index in [0.717, 1.165) is 0 Å². The van der Waals surface area contributed by atoms with Gasteiger partial charge in [0.2, 0.25) is 5.91 Å². The molecule has 150 valence electrons. The highest BCUT2D eigenvalue weighted by Crippen LogP contribution is 2.26. The molecule has 0 aliphatic carbocycles. The van der Waals surface area contributed by atoms with Gasteiger partial charge in [0.1, 0.15) is 29.2 Å². The van der Waals surface area contributed by atoms with E-state index in [2.05, 4.69) is 15.5 Å². The summed E-state index contributed by atoms with van der Waals surface area (Å²) >= 11 is 8.49. The molecule has 0 aliphatic rings. The van der Waals surface area contributed by atoms with Gasteiger partial charge >= 0.3 is 0 Å². The monoisotopic (exact) mass is 451 g/mol. The van der Waals surface area contributed by atoms with E-state index in [1.807, 2.05) is 17.6 Å². The standard InChI is InChI=1S/C18H15ClFN5O2S2/c1-2-25-15(9-27-14-4-3-12(20)7-13(14)19)23-24-18(25)29-10-16(26)22-17-11(8-21)5-6-28-17/h3-7H,2,9-10H2,1H3,(H,22,26). The molecule has 0 saturated heterocycles. The van der Waals surface area contributed by atoms with Gasteiger partial charge in [-0.25, -0.2) is 4.39 Å². The van der Waals surface area contributed by atoms with Gasteiger partial charge in [0.05, 0.1) is 16.3 Å². The van der Waals surface area contributed by atoms with Crippen molar-refractivity contribution in [3.63, 3.8) is 0 Å². The Morgan fingerprint density at radius 2 is 2.28 bits per heavy atom. The minimum Gasteiger partial charge on any atom is -0.484 e. The quantitative estimate of drug-likeness (QED) is 0.512. The van der Waals surface area contributed by atoms with Gasteiger partial charge in [-0.05, 0) is 36.6 Å². The SMILES string of the molecule is CCn1c(COc2ccc(F)cc2Cl)nnc1SCC(=O)Nc1sccc1C#N. The number of nitriles is 1. The normalized spacial score (nSPS) is 10.6. The fraction of sp³-hybridized carbons (Fsp3) is 0.222. The number of nitrogens with one attached hydrogen (secondary N) is 1. The second-order valence-corrected chi connectivity index (χ2v) is 7.88. The molecular weight excluding hydrogens is 437 g/mol. The average molecular weight is 452 g/mol. The first-order chi connectivity index (χ1) is 14.0. The third-order valence-corrected chi connectivity index (χ3v) is 5.82. The number of carbonyl (C=O) groups is 1. The summed E-state index contributed by atoms with van der Waals surface area (Å²) < 4.78 is 20.6. The first-order valence-corrected chi connectivity index (χ1v) is 10.7. The second kappa shape index (κ2) is 9.73. The van der Waals surface area contributed by atoms with E-state index < -0.39 is 5.82 Å². The Kier molecular flexibility index (Phi) is 7.09. The number of hydrogen-bond acceptors (Lipinski definition) is 7. The first kappa shape index (κ1) is 21.1. The summed E-state index contributed by atoms with van der Waals surface area (Å²) in [6, 6.07) is 7.57. The highest BCUT2D eigenvalue weighted by Gasteiger charge is 2.15. The van der Waals surface area contributed by atoms with Gasteiger partial charge in [-0.2, -0.15) is 5.26 Å². The predicted molar refractivity (Wildman–Crippen MR) is 110 cm³/mol. The molecule has 0 radical (unpaired) electrons. The van der Waals surface area contributed by atoms with Crippen LogP contribution >= 0.6 is 34.7 Å². The lowest BCUT2D eigenvalue weighted by atomic mass is 10.3. The number of nitrogens with zero attached hydrogens (tertiary/aromatic N) is 4. The smallest absolute Gasteiger partial charge is 0.235 e. The maximum Gasteiger partial charge on any atom is 0.235 e. The summed E-state index contributed by atoms with van der Waals surface area (Å²) in [5, 5.41) is 23.0. The summed E-state index contributed by atoms with van der Waals surface area (Å²) in [7, 11) is 0. The summed E-state index contributed by atoms with van der Waals surface area (Å²) in [6.45, 7) is 2.60. The third-order valence-electron chi connectivity index (χ3n) is 3.73. The zero-order valence-electron chi connectivity index (χ0n) is 15.2.